The number of ether oxygens (including phenoxy) is 1. The third kappa shape index (κ3) is 5.28. The molecule has 0 bridgehead atoms. The van der Waals surface area contributed by atoms with Gasteiger partial charge in [-0.3, -0.25) is 0 Å². The fourth-order valence-corrected chi connectivity index (χ4v) is 3.97. The van der Waals surface area contributed by atoms with Gasteiger partial charge in [0, 0.05) is 18.7 Å². The van der Waals surface area contributed by atoms with E-state index in [1.54, 1.807) is 0 Å². The maximum absolute atomic E-state index is 12.1. The average Bonchev–Trinajstić information content (AvgIpc) is 3.35. The summed E-state index contributed by atoms with van der Waals surface area (Å²) in [5.41, 5.74) is 10.4. The van der Waals surface area contributed by atoms with Crippen molar-refractivity contribution in [3.8, 4) is 11.1 Å². The fourth-order valence-electron chi connectivity index (χ4n) is 3.80. The Labute approximate surface area is 196 Å². The summed E-state index contributed by atoms with van der Waals surface area (Å²) in [5.74, 6) is 1.80. The monoisotopic (exact) mass is 471 g/mol. The van der Waals surface area contributed by atoms with E-state index in [9.17, 15) is 4.79 Å². The zero-order valence-electron chi connectivity index (χ0n) is 18.5. The van der Waals surface area contributed by atoms with Crippen LogP contribution in [-0.4, -0.2) is 41.0 Å². The number of nitrogens with two attached hydrogens (primary N) is 1. The van der Waals surface area contributed by atoms with E-state index in [1.807, 2.05) is 43.0 Å². The molecule has 0 unspecified atom stereocenters. The second-order valence-corrected chi connectivity index (χ2v) is 8.11. The minimum absolute atomic E-state index is 0.122. The van der Waals surface area contributed by atoms with Gasteiger partial charge in [-0.25, -0.2) is 4.79 Å². The number of unbranched alkanes of at least 4 members (excludes halogenated alkanes) is 1. The number of nitrogens with one attached hydrogen (secondary N) is 2. The topological polar surface area (TPSA) is 131 Å². The van der Waals surface area contributed by atoms with Crippen molar-refractivity contribution in [3.63, 3.8) is 0 Å². The molecule has 4 rings (SSSR count). The molecule has 1 aromatic carbocycles. The first kappa shape index (κ1) is 22.7. The summed E-state index contributed by atoms with van der Waals surface area (Å²) >= 11 is 5.91. The Balaban J connectivity index is 1.18. The number of halogens is 1. The van der Waals surface area contributed by atoms with Gasteiger partial charge in [0.25, 0.3) is 0 Å². The molecule has 0 spiro atoms. The number of rotatable bonds is 8. The predicted octanol–water partition coefficient (Wildman–Crippen LogP) is 3.88. The first-order valence-electron chi connectivity index (χ1n) is 10.7. The van der Waals surface area contributed by atoms with Gasteiger partial charge in [0.05, 0.1) is 19.0 Å². The largest absolute Gasteiger partial charge is 0.450 e. The van der Waals surface area contributed by atoms with Gasteiger partial charge < -0.3 is 30.5 Å². The lowest BCUT2D eigenvalue weighted by molar-refractivity contribution is 0.143. The van der Waals surface area contributed by atoms with Gasteiger partial charge in [-0.1, -0.05) is 23.4 Å². The minimum atomic E-state index is -0.446. The maximum atomic E-state index is 12.1. The predicted molar refractivity (Wildman–Crippen MR) is 126 cm³/mol. The fraction of sp³-hybridized carbons (Fsp3) is 0.364. The van der Waals surface area contributed by atoms with Gasteiger partial charge in [0.2, 0.25) is 5.28 Å². The molecular weight excluding hydrogens is 446 g/mol. The number of alkyl carbamates (subject to hydrolysis) is 1. The molecule has 2 aromatic heterocycles. The number of nitrogen functional groups attached to an aromatic ring is 1. The zero-order chi connectivity index (χ0) is 23.4. The highest BCUT2D eigenvalue weighted by molar-refractivity contribution is 6.28. The lowest BCUT2D eigenvalue weighted by Crippen LogP contribution is -2.26. The van der Waals surface area contributed by atoms with Crippen molar-refractivity contribution in [1.29, 1.82) is 0 Å². The van der Waals surface area contributed by atoms with E-state index in [4.69, 9.17) is 26.6 Å². The highest BCUT2D eigenvalue weighted by atomic mass is 35.5. The number of hydrogen-bond donors (Lipinski definition) is 3. The number of anilines is 3. The minimum Gasteiger partial charge on any atom is -0.450 e. The van der Waals surface area contributed by atoms with Crippen molar-refractivity contribution in [2.45, 2.75) is 33.2 Å². The first-order valence-corrected chi connectivity index (χ1v) is 11.0. The molecule has 1 amide bonds. The van der Waals surface area contributed by atoms with Crippen LogP contribution in [0.25, 0.3) is 11.1 Å². The lowest BCUT2D eigenvalue weighted by Gasteiger charge is -2.16. The smallest absolute Gasteiger partial charge is 0.407 e. The molecule has 3 heterocycles. The highest BCUT2D eigenvalue weighted by Crippen LogP contribution is 2.34. The number of nitrogens with zero attached hydrogens (tertiary/aromatic N) is 4. The summed E-state index contributed by atoms with van der Waals surface area (Å²) in [5, 5.41) is 10.1. The van der Waals surface area contributed by atoms with Crippen molar-refractivity contribution in [1.82, 2.24) is 20.4 Å². The van der Waals surface area contributed by atoms with Crippen LogP contribution in [0.5, 0.6) is 0 Å². The highest BCUT2D eigenvalue weighted by Gasteiger charge is 2.23. The number of benzene rings is 1. The number of carbonyl (C=O) groups excluding carboxylic acids is 1. The SMILES string of the molecule is Cc1noc(C)c1-c1cccc(CNC(=O)OCCCCN2CNc3c(N)nc(Cl)nc32)c1. The number of amides is 1. The van der Waals surface area contributed by atoms with E-state index < -0.39 is 6.09 Å². The molecule has 1 aliphatic rings. The van der Waals surface area contributed by atoms with Crippen LogP contribution in [0.4, 0.5) is 22.1 Å². The summed E-state index contributed by atoms with van der Waals surface area (Å²) in [6.45, 7) is 5.80. The van der Waals surface area contributed by atoms with Gasteiger partial charge in [-0.15, -0.1) is 0 Å². The average molecular weight is 472 g/mol. The van der Waals surface area contributed by atoms with E-state index in [0.717, 1.165) is 47.5 Å². The molecule has 4 N–H and O–H groups in total. The van der Waals surface area contributed by atoms with E-state index in [2.05, 4.69) is 25.8 Å². The van der Waals surface area contributed by atoms with Gasteiger partial charge in [0.1, 0.15) is 11.4 Å². The van der Waals surface area contributed by atoms with Gasteiger partial charge in [-0.05, 0) is 55.5 Å². The standard InChI is InChI=1S/C22H26ClN7O3/c1-13-17(14(2)33-29-13)16-7-5-6-15(10-16)11-25-22(31)32-9-4-3-8-30-12-26-18-19(24)27-21(23)28-20(18)30/h5-7,10,26H,3-4,8-9,11-12H2,1-2H3,(H,25,31)(H2,24,27,28). The molecule has 0 aliphatic carbocycles. The molecule has 11 heteroatoms. The Hall–Kier alpha value is -3.53. The molecule has 10 nitrogen and oxygen atoms in total. The lowest BCUT2D eigenvalue weighted by atomic mass is 10.0. The van der Waals surface area contributed by atoms with E-state index in [1.165, 1.54) is 0 Å². The number of fused-ring (bicyclic) bond motifs is 1. The quantitative estimate of drug-likeness (QED) is 0.330. The Bertz CT molecular complexity index is 1130. The van der Waals surface area contributed by atoms with Crippen LogP contribution < -0.4 is 21.3 Å². The molecule has 33 heavy (non-hydrogen) atoms. The first-order chi connectivity index (χ1) is 15.9. The Morgan fingerprint density at radius 3 is 2.97 bits per heavy atom. The van der Waals surface area contributed by atoms with E-state index in [-0.39, 0.29) is 5.28 Å². The Morgan fingerprint density at radius 2 is 2.18 bits per heavy atom. The number of aryl methyl sites for hydroxylation is 2. The number of aromatic nitrogens is 3. The van der Waals surface area contributed by atoms with E-state index >= 15 is 0 Å². The van der Waals surface area contributed by atoms with Crippen LogP contribution in [0, 0.1) is 13.8 Å². The van der Waals surface area contributed by atoms with Crippen molar-refractivity contribution in [2.75, 3.05) is 35.8 Å². The van der Waals surface area contributed by atoms with Crippen molar-refractivity contribution in [3.05, 3.63) is 46.6 Å². The summed E-state index contributed by atoms with van der Waals surface area (Å²) in [6.07, 6.45) is 1.09. The Morgan fingerprint density at radius 1 is 1.33 bits per heavy atom. The molecule has 0 atom stereocenters. The second-order valence-electron chi connectivity index (χ2n) is 7.77. The molecule has 3 aromatic rings. The normalized spacial score (nSPS) is 12.4. The molecule has 0 saturated carbocycles. The van der Waals surface area contributed by atoms with Crippen LogP contribution in [0.1, 0.15) is 29.9 Å². The summed E-state index contributed by atoms with van der Waals surface area (Å²) in [4.78, 5) is 22.3. The van der Waals surface area contributed by atoms with Crippen LogP contribution in [0.15, 0.2) is 28.8 Å². The van der Waals surface area contributed by atoms with Crippen molar-refractivity contribution in [2.24, 2.45) is 0 Å². The zero-order valence-corrected chi connectivity index (χ0v) is 19.3. The molecule has 174 valence electrons. The van der Waals surface area contributed by atoms with Gasteiger partial charge >= 0.3 is 6.09 Å². The summed E-state index contributed by atoms with van der Waals surface area (Å²) < 4.78 is 10.5. The maximum Gasteiger partial charge on any atom is 0.407 e. The van der Waals surface area contributed by atoms with Gasteiger partial charge in [-0.2, -0.15) is 9.97 Å². The van der Waals surface area contributed by atoms with Crippen LogP contribution in [0.3, 0.4) is 0 Å². The van der Waals surface area contributed by atoms with Crippen molar-refractivity contribution >= 4 is 35.0 Å². The van der Waals surface area contributed by atoms with Crippen LogP contribution >= 0.6 is 11.6 Å². The molecule has 0 fully saturated rings. The van der Waals surface area contributed by atoms with Gasteiger partial charge in [0.15, 0.2) is 11.6 Å². The molecule has 1 aliphatic heterocycles. The number of carbonyl (C=O) groups is 1. The molecular formula is C22H26ClN7O3. The van der Waals surface area contributed by atoms with E-state index in [0.29, 0.717) is 37.1 Å². The molecule has 0 radical (unpaired) electrons. The second kappa shape index (κ2) is 9.95. The third-order valence-electron chi connectivity index (χ3n) is 5.38. The van der Waals surface area contributed by atoms with Crippen LogP contribution in [0.2, 0.25) is 5.28 Å². The molecule has 0 saturated heterocycles. The number of hydrogen-bond acceptors (Lipinski definition) is 9. The van der Waals surface area contributed by atoms with Crippen molar-refractivity contribution < 1.29 is 14.1 Å². The summed E-state index contributed by atoms with van der Waals surface area (Å²) in [6, 6.07) is 7.90. The van der Waals surface area contributed by atoms with Crippen LogP contribution in [-0.2, 0) is 11.3 Å². The summed E-state index contributed by atoms with van der Waals surface area (Å²) in [7, 11) is 0. The third-order valence-corrected chi connectivity index (χ3v) is 5.55. The Kier molecular flexibility index (Phi) is 6.83.